The van der Waals surface area contributed by atoms with Gasteiger partial charge in [-0.1, -0.05) is 12.1 Å². The number of sulfone groups is 1. The fourth-order valence-electron chi connectivity index (χ4n) is 3.26. The first-order chi connectivity index (χ1) is 11.4. The summed E-state index contributed by atoms with van der Waals surface area (Å²) in [6, 6.07) is 5.97. The summed E-state index contributed by atoms with van der Waals surface area (Å²) in [5.41, 5.74) is 2.25. The summed E-state index contributed by atoms with van der Waals surface area (Å²) < 4.78 is 28.6. The lowest BCUT2D eigenvalue weighted by atomic mass is 10.0. The molecule has 2 aliphatic rings. The van der Waals surface area contributed by atoms with Gasteiger partial charge >= 0.3 is 0 Å². The van der Waals surface area contributed by atoms with Gasteiger partial charge in [0.25, 0.3) is 0 Å². The van der Waals surface area contributed by atoms with Crippen molar-refractivity contribution in [1.29, 1.82) is 0 Å². The highest BCUT2D eigenvalue weighted by molar-refractivity contribution is 7.91. The first-order valence-electron chi connectivity index (χ1n) is 8.35. The number of ether oxygens (including phenoxy) is 1. The average molecular weight is 352 g/mol. The number of hydrogen-bond donors (Lipinski definition) is 1. The molecule has 132 valence electrons. The maximum atomic E-state index is 12.1. The quantitative estimate of drug-likeness (QED) is 0.846. The molecule has 1 aromatic carbocycles. The van der Waals surface area contributed by atoms with Gasteiger partial charge in [-0.15, -0.1) is 0 Å². The molecule has 1 aromatic rings. The number of nitrogens with one attached hydrogen (secondary N) is 1. The van der Waals surface area contributed by atoms with Crippen molar-refractivity contribution >= 4 is 15.7 Å². The van der Waals surface area contributed by atoms with Gasteiger partial charge in [-0.3, -0.25) is 9.69 Å². The van der Waals surface area contributed by atoms with Gasteiger partial charge in [0.15, 0.2) is 9.84 Å². The molecule has 1 saturated heterocycles. The topological polar surface area (TPSA) is 75.7 Å². The molecule has 0 radical (unpaired) electrons. The Bertz CT molecular complexity index is 717. The van der Waals surface area contributed by atoms with Crippen molar-refractivity contribution in [2.24, 2.45) is 0 Å². The van der Waals surface area contributed by atoms with Gasteiger partial charge in [-0.2, -0.15) is 0 Å². The van der Waals surface area contributed by atoms with Crippen LogP contribution in [0.2, 0.25) is 0 Å². The summed E-state index contributed by atoms with van der Waals surface area (Å²) in [5, 5.41) is 2.91. The first-order valence-corrected chi connectivity index (χ1v) is 10.2. The molecule has 2 heterocycles. The Morgan fingerprint density at radius 2 is 2.25 bits per heavy atom. The van der Waals surface area contributed by atoms with E-state index in [1.165, 1.54) is 5.56 Å². The molecule has 1 N–H and O–H groups in total. The van der Waals surface area contributed by atoms with E-state index in [1.54, 1.807) is 7.05 Å². The fraction of sp³-hybridized carbons (Fsp3) is 0.588. The van der Waals surface area contributed by atoms with Crippen LogP contribution in [0, 0.1) is 0 Å². The molecule has 3 rings (SSSR count). The lowest BCUT2D eigenvalue weighted by Gasteiger charge is -2.22. The maximum Gasteiger partial charge on any atom is 0.234 e. The summed E-state index contributed by atoms with van der Waals surface area (Å²) in [6.07, 6.45) is 2.64. The van der Waals surface area contributed by atoms with Gasteiger partial charge in [-0.25, -0.2) is 8.42 Å². The Balaban J connectivity index is 1.49. The lowest BCUT2D eigenvalue weighted by molar-refractivity contribution is -0.122. The molecule has 0 saturated carbocycles. The van der Waals surface area contributed by atoms with Gasteiger partial charge in [-0.05, 0) is 43.5 Å². The molecule has 2 aliphatic heterocycles. The van der Waals surface area contributed by atoms with Crippen LogP contribution in [0.3, 0.4) is 0 Å². The van der Waals surface area contributed by atoms with E-state index in [2.05, 4.69) is 11.4 Å². The Morgan fingerprint density at radius 1 is 1.42 bits per heavy atom. The molecule has 1 amide bonds. The van der Waals surface area contributed by atoms with Crippen molar-refractivity contribution < 1.29 is 17.9 Å². The van der Waals surface area contributed by atoms with Crippen molar-refractivity contribution in [1.82, 2.24) is 10.2 Å². The van der Waals surface area contributed by atoms with Crippen molar-refractivity contribution in [3.63, 3.8) is 0 Å². The molecular weight excluding hydrogens is 328 g/mol. The maximum absolute atomic E-state index is 12.1. The van der Waals surface area contributed by atoms with Crippen LogP contribution < -0.4 is 10.1 Å². The Labute approximate surface area is 143 Å². The highest BCUT2D eigenvalue weighted by atomic mass is 32.2. The number of benzene rings is 1. The largest absolute Gasteiger partial charge is 0.493 e. The predicted molar refractivity (Wildman–Crippen MR) is 91.8 cm³/mol. The van der Waals surface area contributed by atoms with E-state index in [9.17, 15) is 13.2 Å². The van der Waals surface area contributed by atoms with Gasteiger partial charge in [0, 0.05) is 12.6 Å². The van der Waals surface area contributed by atoms with E-state index in [4.69, 9.17) is 4.74 Å². The molecule has 6 nitrogen and oxygen atoms in total. The van der Waals surface area contributed by atoms with Gasteiger partial charge in [0.1, 0.15) is 5.75 Å². The minimum absolute atomic E-state index is 0.0540. The summed E-state index contributed by atoms with van der Waals surface area (Å²) >= 11 is 0. The van der Waals surface area contributed by atoms with Crippen molar-refractivity contribution in [3.05, 3.63) is 29.3 Å². The van der Waals surface area contributed by atoms with Crippen molar-refractivity contribution in [2.45, 2.75) is 31.8 Å². The second kappa shape index (κ2) is 7.11. The molecule has 0 spiro atoms. The molecule has 1 atom stereocenters. The second-order valence-electron chi connectivity index (χ2n) is 6.64. The number of fused-ring (bicyclic) bond motifs is 1. The van der Waals surface area contributed by atoms with Crippen LogP contribution in [0.15, 0.2) is 18.2 Å². The summed E-state index contributed by atoms with van der Waals surface area (Å²) in [5.74, 6) is 1.23. The van der Waals surface area contributed by atoms with Crippen LogP contribution in [-0.4, -0.2) is 57.0 Å². The van der Waals surface area contributed by atoms with E-state index in [1.807, 2.05) is 17.0 Å². The van der Waals surface area contributed by atoms with Crippen molar-refractivity contribution in [3.8, 4) is 5.75 Å². The van der Waals surface area contributed by atoms with Gasteiger partial charge in [0.2, 0.25) is 5.91 Å². The first kappa shape index (κ1) is 17.2. The van der Waals surface area contributed by atoms with Gasteiger partial charge in [0.05, 0.1) is 24.7 Å². The number of carbonyl (C=O) groups excluding carboxylic acids is 1. The number of hydrogen-bond acceptors (Lipinski definition) is 5. The van der Waals surface area contributed by atoms with E-state index in [0.717, 1.165) is 30.8 Å². The summed E-state index contributed by atoms with van der Waals surface area (Å²) in [4.78, 5) is 13.9. The average Bonchev–Trinajstić information content (AvgIpc) is 2.93. The molecule has 0 bridgehead atoms. The normalized spacial score (nSPS) is 22.0. The number of amides is 1. The smallest absolute Gasteiger partial charge is 0.234 e. The molecule has 24 heavy (non-hydrogen) atoms. The Hall–Kier alpha value is -1.60. The highest BCUT2D eigenvalue weighted by Gasteiger charge is 2.31. The third-order valence-corrected chi connectivity index (χ3v) is 6.44. The SMILES string of the molecule is CN(CC(=O)NCc1ccc2c(c1)CCCO2)C1CCS(=O)(=O)C1. The van der Waals surface area contributed by atoms with Crippen LogP contribution in [-0.2, 0) is 27.6 Å². The highest BCUT2D eigenvalue weighted by Crippen LogP contribution is 2.25. The van der Waals surface area contributed by atoms with Crippen LogP contribution in [0.1, 0.15) is 24.0 Å². The summed E-state index contributed by atoms with van der Waals surface area (Å²) in [7, 11) is -1.12. The van der Waals surface area contributed by atoms with E-state index < -0.39 is 9.84 Å². The third-order valence-electron chi connectivity index (χ3n) is 4.69. The van der Waals surface area contributed by atoms with Crippen LogP contribution in [0.25, 0.3) is 0 Å². The van der Waals surface area contributed by atoms with Crippen molar-refractivity contribution in [2.75, 3.05) is 31.7 Å². The number of likely N-dealkylation sites (N-methyl/N-ethyl adjacent to an activating group) is 1. The van der Waals surface area contributed by atoms with Crippen LogP contribution in [0.4, 0.5) is 0 Å². The molecule has 7 heteroatoms. The Kier molecular flexibility index (Phi) is 5.10. The van der Waals surface area contributed by atoms with E-state index in [-0.39, 0.29) is 30.0 Å². The third kappa shape index (κ3) is 4.27. The van der Waals surface area contributed by atoms with Gasteiger partial charge < -0.3 is 10.1 Å². The van der Waals surface area contributed by atoms with E-state index in [0.29, 0.717) is 13.0 Å². The fourth-order valence-corrected chi connectivity index (χ4v) is 5.06. The monoisotopic (exact) mass is 352 g/mol. The Morgan fingerprint density at radius 3 is 3.00 bits per heavy atom. The number of rotatable bonds is 5. The zero-order valence-electron chi connectivity index (χ0n) is 14.0. The van der Waals surface area contributed by atoms with Crippen LogP contribution in [0.5, 0.6) is 5.75 Å². The molecule has 0 aromatic heterocycles. The molecular formula is C17H24N2O4S. The number of carbonyl (C=O) groups is 1. The predicted octanol–water partition coefficient (Wildman–Crippen LogP) is 0.747. The van der Waals surface area contributed by atoms with E-state index >= 15 is 0 Å². The molecule has 0 aliphatic carbocycles. The molecule has 1 fully saturated rings. The number of aryl methyl sites for hydroxylation is 1. The minimum Gasteiger partial charge on any atom is -0.493 e. The zero-order valence-corrected chi connectivity index (χ0v) is 14.8. The van der Waals surface area contributed by atoms with Crippen LogP contribution >= 0.6 is 0 Å². The molecule has 1 unspecified atom stereocenters. The lowest BCUT2D eigenvalue weighted by Crippen LogP contribution is -2.41. The standard InChI is InChI=1S/C17H24N2O4S/c1-19(15-6-8-24(21,22)12-15)11-17(20)18-10-13-4-5-16-14(9-13)3-2-7-23-16/h4-5,9,15H,2-3,6-8,10-12H2,1H3,(H,18,20). The second-order valence-corrected chi connectivity index (χ2v) is 8.87. The number of nitrogens with zero attached hydrogens (tertiary/aromatic N) is 1. The minimum atomic E-state index is -2.93. The summed E-state index contributed by atoms with van der Waals surface area (Å²) in [6.45, 7) is 1.46. The zero-order chi connectivity index (χ0) is 17.2.